The number of piperidine rings is 1. The molecule has 0 bridgehead atoms. The van der Waals surface area contributed by atoms with E-state index in [1.165, 1.54) is 37.1 Å². The largest absolute Gasteiger partial charge is 0.387 e. The van der Waals surface area contributed by atoms with Crippen molar-refractivity contribution >= 4 is 6.03 Å². The van der Waals surface area contributed by atoms with Gasteiger partial charge in [0.15, 0.2) is 0 Å². The summed E-state index contributed by atoms with van der Waals surface area (Å²) < 4.78 is 12.9. The molecule has 1 aliphatic heterocycles. The SMILES string of the molecule is CC1CCCN(CC(C)NC(=O)NCC(O)c2ccc(F)cc2)C1. The van der Waals surface area contributed by atoms with Crippen LogP contribution in [-0.2, 0) is 0 Å². The van der Waals surface area contributed by atoms with Gasteiger partial charge in [0, 0.05) is 25.7 Å². The summed E-state index contributed by atoms with van der Waals surface area (Å²) >= 11 is 0. The summed E-state index contributed by atoms with van der Waals surface area (Å²) in [6, 6.07) is 5.35. The number of amides is 2. The standard InChI is InChI=1S/C18H28FN3O2/c1-13-4-3-9-22(11-13)12-14(2)21-18(24)20-10-17(23)15-5-7-16(19)8-6-15/h5-8,13-14,17,23H,3-4,9-12H2,1-2H3,(H2,20,21,24). The number of nitrogens with zero attached hydrogens (tertiary/aromatic N) is 1. The summed E-state index contributed by atoms with van der Waals surface area (Å²) in [5, 5.41) is 15.6. The maximum atomic E-state index is 12.9. The number of halogens is 1. The van der Waals surface area contributed by atoms with Crippen LogP contribution >= 0.6 is 0 Å². The average molecular weight is 337 g/mol. The van der Waals surface area contributed by atoms with E-state index in [4.69, 9.17) is 0 Å². The quantitative estimate of drug-likeness (QED) is 0.746. The molecule has 2 rings (SSSR count). The van der Waals surface area contributed by atoms with Crippen LogP contribution in [0.3, 0.4) is 0 Å². The maximum absolute atomic E-state index is 12.9. The summed E-state index contributed by atoms with van der Waals surface area (Å²) in [5.74, 6) is 0.364. The van der Waals surface area contributed by atoms with Crippen LogP contribution in [0.25, 0.3) is 0 Å². The van der Waals surface area contributed by atoms with Crippen LogP contribution in [0.5, 0.6) is 0 Å². The third-order valence-electron chi connectivity index (χ3n) is 4.36. The molecule has 1 aliphatic rings. The molecule has 1 heterocycles. The molecule has 1 aromatic rings. The number of carbonyl (C=O) groups excluding carboxylic acids is 1. The minimum absolute atomic E-state index is 0.0401. The molecule has 2 amide bonds. The number of aliphatic hydroxyl groups is 1. The fourth-order valence-electron chi connectivity index (χ4n) is 3.15. The van der Waals surface area contributed by atoms with Crippen molar-refractivity contribution in [1.82, 2.24) is 15.5 Å². The van der Waals surface area contributed by atoms with Crippen LogP contribution in [0.4, 0.5) is 9.18 Å². The van der Waals surface area contributed by atoms with Crippen molar-refractivity contribution in [3.63, 3.8) is 0 Å². The van der Waals surface area contributed by atoms with E-state index < -0.39 is 6.10 Å². The first-order valence-electron chi connectivity index (χ1n) is 8.64. The molecule has 1 aromatic carbocycles. The average Bonchev–Trinajstić information content (AvgIpc) is 2.53. The fourth-order valence-corrected chi connectivity index (χ4v) is 3.15. The second kappa shape index (κ2) is 8.99. The molecule has 3 N–H and O–H groups in total. The van der Waals surface area contributed by atoms with Crippen molar-refractivity contribution in [3.8, 4) is 0 Å². The van der Waals surface area contributed by atoms with Gasteiger partial charge in [-0.1, -0.05) is 19.1 Å². The minimum atomic E-state index is -0.852. The molecular formula is C18H28FN3O2. The molecule has 0 radical (unpaired) electrons. The number of rotatable bonds is 6. The number of nitrogens with one attached hydrogen (secondary N) is 2. The van der Waals surface area contributed by atoms with Crippen LogP contribution in [0.1, 0.15) is 38.4 Å². The van der Waals surface area contributed by atoms with E-state index >= 15 is 0 Å². The Labute approximate surface area is 143 Å². The predicted octanol–water partition coefficient (Wildman–Crippen LogP) is 2.28. The van der Waals surface area contributed by atoms with Crippen molar-refractivity contribution in [1.29, 1.82) is 0 Å². The van der Waals surface area contributed by atoms with Crippen LogP contribution in [0.2, 0.25) is 0 Å². The zero-order valence-corrected chi connectivity index (χ0v) is 14.5. The zero-order chi connectivity index (χ0) is 17.5. The monoisotopic (exact) mass is 337 g/mol. The highest BCUT2D eigenvalue weighted by Gasteiger charge is 2.19. The van der Waals surface area contributed by atoms with Crippen LogP contribution in [0.15, 0.2) is 24.3 Å². The molecule has 1 fully saturated rings. The van der Waals surface area contributed by atoms with Crippen LogP contribution in [0, 0.1) is 11.7 Å². The van der Waals surface area contributed by atoms with Crippen molar-refractivity contribution in [2.24, 2.45) is 5.92 Å². The Morgan fingerprint density at radius 1 is 1.42 bits per heavy atom. The van der Waals surface area contributed by atoms with Gasteiger partial charge in [0.1, 0.15) is 5.82 Å². The van der Waals surface area contributed by atoms with E-state index in [-0.39, 0.29) is 24.4 Å². The van der Waals surface area contributed by atoms with Gasteiger partial charge in [-0.15, -0.1) is 0 Å². The van der Waals surface area contributed by atoms with E-state index in [2.05, 4.69) is 22.5 Å². The summed E-state index contributed by atoms with van der Waals surface area (Å²) in [5.41, 5.74) is 0.576. The Balaban J connectivity index is 1.69. The highest BCUT2D eigenvalue weighted by atomic mass is 19.1. The molecule has 0 spiro atoms. The van der Waals surface area contributed by atoms with Crippen LogP contribution in [-0.4, -0.2) is 48.3 Å². The summed E-state index contributed by atoms with van der Waals surface area (Å²) in [6.45, 7) is 7.32. The summed E-state index contributed by atoms with van der Waals surface area (Å²) in [7, 11) is 0. The lowest BCUT2D eigenvalue weighted by atomic mass is 10.00. The Bertz CT molecular complexity index is 524. The second-order valence-corrected chi connectivity index (χ2v) is 6.83. The summed E-state index contributed by atoms with van der Waals surface area (Å²) in [4.78, 5) is 14.3. The number of carbonyl (C=O) groups is 1. The molecule has 3 atom stereocenters. The highest BCUT2D eigenvalue weighted by Crippen LogP contribution is 2.15. The van der Waals surface area contributed by atoms with E-state index in [1.54, 1.807) is 0 Å². The molecular weight excluding hydrogens is 309 g/mol. The number of urea groups is 1. The van der Waals surface area contributed by atoms with Gasteiger partial charge in [-0.2, -0.15) is 0 Å². The molecule has 0 aromatic heterocycles. The lowest BCUT2D eigenvalue weighted by molar-refractivity contribution is 0.163. The number of hydrogen-bond donors (Lipinski definition) is 3. The molecule has 5 nitrogen and oxygen atoms in total. The molecule has 24 heavy (non-hydrogen) atoms. The number of benzene rings is 1. The van der Waals surface area contributed by atoms with Crippen LogP contribution < -0.4 is 10.6 Å². The van der Waals surface area contributed by atoms with Gasteiger partial charge in [-0.05, 0) is 49.9 Å². The smallest absolute Gasteiger partial charge is 0.315 e. The molecule has 3 unspecified atom stereocenters. The van der Waals surface area contributed by atoms with Gasteiger partial charge < -0.3 is 20.6 Å². The Morgan fingerprint density at radius 2 is 2.12 bits per heavy atom. The van der Waals surface area contributed by atoms with Crippen molar-refractivity contribution in [3.05, 3.63) is 35.6 Å². The molecule has 0 aliphatic carbocycles. The van der Waals surface area contributed by atoms with Gasteiger partial charge in [0.25, 0.3) is 0 Å². The number of likely N-dealkylation sites (tertiary alicyclic amines) is 1. The number of hydrogen-bond acceptors (Lipinski definition) is 3. The summed E-state index contributed by atoms with van der Waals surface area (Å²) in [6.07, 6.45) is 1.64. The van der Waals surface area contributed by atoms with Crippen molar-refractivity contribution < 1.29 is 14.3 Å². The first-order chi connectivity index (χ1) is 11.4. The van der Waals surface area contributed by atoms with Gasteiger partial charge in [0.2, 0.25) is 0 Å². The normalized spacial score (nSPS) is 21.1. The van der Waals surface area contributed by atoms with E-state index in [0.29, 0.717) is 11.5 Å². The maximum Gasteiger partial charge on any atom is 0.315 e. The Kier molecular flexibility index (Phi) is 6.99. The molecule has 6 heteroatoms. The van der Waals surface area contributed by atoms with Gasteiger partial charge in [-0.3, -0.25) is 0 Å². The number of aliphatic hydroxyl groups excluding tert-OH is 1. The lowest BCUT2D eigenvalue weighted by Gasteiger charge is -2.32. The lowest BCUT2D eigenvalue weighted by Crippen LogP contribution is -2.48. The third-order valence-corrected chi connectivity index (χ3v) is 4.36. The Morgan fingerprint density at radius 3 is 2.79 bits per heavy atom. The van der Waals surface area contributed by atoms with E-state index in [0.717, 1.165) is 19.6 Å². The molecule has 134 valence electrons. The van der Waals surface area contributed by atoms with Gasteiger partial charge in [0.05, 0.1) is 6.10 Å². The fraction of sp³-hybridized carbons (Fsp3) is 0.611. The first-order valence-corrected chi connectivity index (χ1v) is 8.64. The zero-order valence-electron chi connectivity index (χ0n) is 14.5. The van der Waals surface area contributed by atoms with Crippen molar-refractivity contribution in [2.45, 2.75) is 38.8 Å². The van der Waals surface area contributed by atoms with Crippen molar-refractivity contribution in [2.75, 3.05) is 26.2 Å². The topological polar surface area (TPSA) is 64.6 Å². The Hall–Kier alpha value is -1.66. The van der Waals surface area contributed by atoms with E-state index in [1.807, 2.05) is 6.92 Å². The first kappa shape index (κ1) is 18.7. The highest BCUT2D eigenvalue weighted by molar-refractivity contribution is 5.74. The molecule has 0 saturated carbocycles. The molecule has 1 saturated heterocycles. The second-order valence-electron chi connectivity index (χ2n) is 6.83. The minimum Gasteiger partial charge on any atom is -0.387 e. The predicted molar refractivity (Wildman–Crippen MR) is 92.2 cm³/mol. The third kappa shape index (κ3) is 6.09. The van der Waals surface area contributed by atoms with Gasteiger partial charge >= 0.3 is 6.03 Å². The van der Waals surface area contributed by atoms with Gasteiger partial charge in [-0.25, -0.2) is 9.18 Å². The van der Waals surface area contributed by atoms with E-state index in [9.17, 15) is 14.3 Å².